The van der Waals surface area contributed by atoms with Crippen LogP contribution in [0.1, 0.15) is 37.6 Å². The lowest BCUT2D eigenvalue weighted by Crippen LogP contribution is -2.40. The molecule has 1 aliphatic heterocycles. The van der Waals surface area contributed by atoms with Crippen LogP contribution in [-0.4, -0.2) is 74.2 Å². The summed E-state index contributed by atoms with van der Waals surface area (Å²) in [5.74, 6) is -0.420. The Morgan fingerprint density at radius 2 is 2.03 bits per heavy atom. The highest BCUT2D eigenvalue weighted by Crippen LogP contribution is 2.39. The van der Waals surface area contributed by atoms with Crippen LogP contribution in [0.2, 0.25) is 0 Å². The van der Waals surface area contributed by atoms with E-state index in [2.05, 4.69) is 35.2 Å². The van der Waals surface area contributed by atoms with E-state index in [4.69, 9.17) is 0 Å². The first kappa shape index (κ1) is 27.1. The standard InChI is InChI=1S/C23H32FN7O4S/c1-14(2)31-13-23(12-27-31,17-9-15(3)10-18(20(17)24)30-36(6,33)34)19-7-8-25-21(29-19)26-11-16(4)28-22(32)35-5/h7-10,12,14,16,30H,11,13H2,1-6H3,(H,28,32)(H,25,26,29)/t16-,23?/m0/s1. The highest BCUT2D eigenvalue weighted by molar-refractivity contribution is 7.92. The molecule has 1 aromatic heterocycles. The molecule has 0 fully saturated rings. The Bertz CT molecular complexity index is 1260. The topological polar surface area (TPSA) is 138 Å². The monoisotopic (exact) mass is 521 g/mol. The van der Waals surface area contributed by atoms with Gasteiger partial charge in [-0.25, -0.2) is 27.6 Å². The minimum absolute atomic E-state index is 0.0364. The number of hydrogen-bond acceptors (Lipinski definition) is 9. The van der Waals surface area contributed by atoms with E-state index in [1.54, 1.807) is 38.4 Å². The van der Waals surface area contributed by atoms with Crippen molar-refractivity contribution < 1.29 is 22.3 Å². The molecule has 1 aliphatic rings. The SMILES string of the molecule is COC(=O)N[C@@H](C)CNc1nccc(C2(c3cc(C)cc(NS(C)(=O)=O)c3F)C=NN(C(C)C)C2)n1. The molecule has 3 N–H and O–H groups in total. The number of rotatable bonds is 9. The summed E-state index contributed by atoms with van der Waals surface area (Å²) in [6, 6.07) is 4.57. The summed E-state index contributed by atoms with van der Waals surface area (Å²) < 4.78 is 46.5. The number of carbonyl (C=O) groups excluding carboxylic acids is 1. The van der Waals surface area contributed by atoms with Gasteiger partial charge >= 0.3 is 6.09 Å². The van der Waals surface area contributed by atoms with E-state index in [1.165, 1.54) is 13.2 Å². The minimum atomic E-state index is -3.71. The number of sulfonamides is 1. The summed E-state index contributed by atoms with van der Waals surface area (Å²) in [4.78, 5) is 20.3. The van der Waals surface area contributed by atoms with Crippen molar-refractivity contribution in [3.8, 4) is 0 Å². The Morgan fingerprint density at radius 1 is 1.31 bits per heavy atom. The number of amides is 1. The lowest BCUT2D eigenvalue weighted by molar-refractivity contribution is 0.168. The maximum absolute atomic E-state index is 15.9. The van der Waals surface area contributed by atoms with Crippen molar-refractivity contribution in [2.75, 3.05) is 36.5 Å². The van der Waals surface area contributed by atoms with Gasteiger partial charge in [-0.1, -0.05) is 6.07 Å². The lowest BCUT2D eigenvalue weighted by atomic mass is 9.77. The van der Waals surface area contributed by atoms with E-state index in [0.717, 1.165) is 6.26 Å². The van der Waals surface area contributed by atoms with Gasteiger partial charge in [-0.2, -0.15) is 5.10 Å². The normalized spacial score (nSPS) is 18.3. The fourth-order valence-corrected chi connectivity index (χ4v) is 4.43. The lowest BCUT2D eigenvalue weighted by Gasteiger charge is -2.31. The number of halogens is 1. The van der Waals surface area contributed by atoms with Crippen molar-refractivity contribution in [3.63, 3.8) is 0 Å². The van der Waals surface area contributed by atoms with Gasteiger partial charge in [0.1, 0.15) is 0 Å². The quantitative estimate of drug-likeness (QED) is 0.458. The summed E-state index contributed by atoms with van der Waals surface area (Å²) in [6.07, 6.45) is 3.62. The molecule has 3 rings (SSSR count). The van der Waals surface area contributed by atoms with E-state index in [0.29, 0.717) is 24.3 Å². The zero-order chi connectivity index (χ0) is 26.7. The molecule has 0 aliphatic carbocycles. The van der Waals surface area contributed by atoms with Gasteiger partial charge in [0.25, 0.3) is 0 Å². The molecule has 13 heteroatoms. The van der Waals surface area contributed by atoms with Crippen molar-refractivity contribution in [2.45, 2.75) is 45.2 Å². The second kappa shape index (κ2) is 10.6. The Balaban J connectivity index is 2.05. The second-order valence-electron chi connectivity index (χ2n) is 9.14. The van der Waals surface area contributed by atoms with E-state index in [-0.39, 0.29) is 29.3 Å². The predicted octanol–water partition coefficient (Wildman–Crippen LogP) is 2.45. The molecule has 11 nitrogen and oxygen atoms in total. The highest BCUT2D eigenvalue weighted by atomic mass is 32.2. The predicted molar refractivity (Wildman–Crippen MR) is 136 cm³/mol. The third-order valence-corrected chi connectivity index (χ3v) is 6.25. The number of nitrogens with one attached hydrogen (secondary N) is 3. The van der Waals surface area contributed by atoms with Crippen LogP contribution in [0.3, 0.4) is 0 Å². The first-order valence-electron chi connectivity index (χ1n) is 11.4. The van der Waals surface area contributed by atoms with Gasteiger partial charge in [-0.3, -0.25) is 9.73 Å². The molecule has 0 radical (unpaired) electrons. The van der Waals surface area contributed by atoms with E-state index >= 15 is 4.39 Å². The van der Waals surface area contributed by atoms with E-state index in [1.807, 2.05) is 18.9 Å². The average Bonchev–Trinajstić information content (AvgIpc) is 3.26. The molecule has 2 atom stereocenters. The van der Waals surface area contributed by atoms with Gasteiger partial charge in [0.15, 0.2) is 5.82 Å². The van der Waals surface area contributed by atoms with Crippen LogP contribution >= 0.6 is 0 Å². The molecule has 0 saturated carbocycles. The molecule has 196 valence electrons. The molecular weight excluding hydrogens is 489 g/mol. The van der Waals surface area contributed by atoms with Crippen LogP contribution in [0.4, 0.5) is 20.8 Å². The molecule has 0 saturated heterocycles. The first-order chi connectivity index (χ1) is 16.8. The van der Waals surface area contributed by atoms with E-state index in [9.17, 15) is 13.2 Å². The van der Waals surface area contributed by atoms with Crippen LogP contribution < -0.4 is 15.4 Å². The second-order valence-corrected chi connectivity index (χ2v) is 10.9. The average molecular weight is 522 g/mol. The number of hydrazone groups is 1. The zero-order valence-electron chi connectivity index (χ0n) is 21.2. The number of nitrogens with zero attached hydrogens (tertiary/aromatic N) is 4. The fraction of sp³-hybridized carbons (Fsp3) is 0.478. The molecule has 1 unspecified atom stereocenters. The molecule has 0 spiro atoms. The Hall–Kier alpha value is -3.48. The maximum atomic E-state index is 15.9. The molecule has 36 heavy (non-hydrogen) atoms. The van der Waals surface area contributed by atoms with Crippen molar-refractivity contribution in [1.82, 2.24) is 20.3 Å². The van der Waals surface area contributed by atoms with Gasteiger partial charge in [0, 0.05) is 36.6 Å². The van der Waals surface area contributed by atoms with E-state index < -0.39 is 27.3 Å². The summed E-state index contributed by atoms with van der Waals surface area (Å²) in [6.45, 7) is 8.11. The number of alkyl carbamates (subject to hydrolysis) is 1. The summed E-state index contributed by atoms with van der Waals surface area (Å²) in [5, 5.41) is 12.1. The Labute approximate surface area is 210 Å². The number of methoxy groups -OCH3 is 1. The molecule has 2 heterocycles. The van der Waals surface area contributed by atoms with Crippen molar-refractivity contribution in [3.05, 3.63) is 47.0 Å². The molecule has 2 aromatic rings. The summed E-state index contributed by atoms with van der Waals surface area (Å²) >= 11 is 0. The minimum Gasteiger partial charge on any atom is -0.453 e. The van der Waals surface area contributed by atoms with Crippen LogP contribution in [-0.2, 0) is 20.2 Å². The number of hydrogen-bond donors (Lipinski definition) is 3. The number of ether oxygens (including phenoxy) is 1. The third-order valence-electron chi connectivity index (χ3n) is 5.66. The van der Waals surface area contributed by atoms with Crippen LogP contribution in [0.15, 0.2) is 29.5 Å². The van der Waals surface area contributed by atoms with Crippen molar-refractivity contribution in [1.29, 1.82) is 0 Å². The maximum Gasteiger partial charge on any atom is 0.407 e. The van der Waals surface area contributed by atoms with Gasteiger partial charge < -0.3 is 15.4 Å². The molecule has 0 bridgehead atoms. The number of carbonyl (C=O) groups is 1. The third kappa shape index (κ3) is 6.20. The number of aryl methyl sites for hydroxylation is 1. The Morgan fingerprint density at radius 3 is 2.64 bits per heavy atom. The van der Waals surface area contributed by atoms with Gasteiger partial charge in [0.05, 0.1) is 36.7 Å². The first-order valence-corrected chi connectivity index (χ1v) is 13.3. The zero-order valence-corrected chi connectivity index (χ0v) is 22.0. The van der Waals surface area contributed by atoms with Gasteiger partial charge in [-0.15, -0.1) is 0 Å². The summed E-state index contributed by atoms with van der Waals surface area (Å²) in [5.41, 5.74) is 0.145. The van der Waals surface area contributed by atoms with Crippen LogP contribution in [0.25, 0.3) is 0 Å². The van der Waals surface area contributed by atoms with Gasteiger partial charge in [0.2, 0.25) is 16.0 Å². The highest BCUT2D eigenvalue weighted by Gasteiger charge is 2.43. The number of benzene rings is 1. The van der Waals surface area contributed by atoms with Crippen LogP contribution in [0.5, 0.6) is 0 Å². The number of anilines is 2. The number of aromatic nitrogens is 2. The van der Waals surface area contributed by atoms with Crippen molar-refractivity contribution >= 4 is 34.0 Å². The molecular formula is C23H32FN7O4S. The molecule has 1 amide bonds. The van der Waals surface area contributed by atoms with Gasteiger partial charge in [-0.05, 0) is 45.4 Å². The Kier molecular flexibility index (Phi) is 8.02. The van der Waals surface area contributed by atoms with Crippen LogP contribution in [0, 0.1) is 12.7 Å². The smallest absolute Gasteiger partial charge is 0.407 e. The fourth-order valence-electron chi connectivity index (χ4n) is 3.88. The molecule has 1 aromatic carbocycles. The van der Waals surface area contributed by atoms with Crippen molar-refractivity contribution in [2.24, 2.45) is 5.10 Å². The summed E-state index contributed by atoms with van der Waals surface area (Å²) in [7, 11) is -2.42. The largest absolute Gasteiger partial charge is 0.453 e.